The Labute approximate surface area is 123 Å². The highest BCUT2D eigenvalue weighted by atomic mass is 15.2. The third-order valence-electron chi connectivity index (χ3n) is 4.44. The van der Waals surface area contributed by atoms with Crippen molar-refractivity contribution in [1.82, 2.24) is 0 Å². The van der Waals surface area contributed by atoms with Crippen LogP contribution in [0.1, 0.15) is 33.1 Å². The zero-order chi connectivity index (χ0) is 14.6. The Morgan fingerprint density at radius 2 is 1.80 bits per heavy atom. The molecule has 3 nitrogen and oxygen atoms in total. The Morgan fingerprint density at radius 3 is 2.50 bits per heavy atom. The van der Waals surface area contributed by atoms with Gasteiger partial charge in [0.1, 0.15) is 0 Å². The van der Waals surface area contributed by atoms with Gasteiger partial charge in [-0.05, 0) is 43.4 Å². The van der Waals surface area contributed by atoms with E-state index in [0.717, 1.165) is 32.6 Å². The largest absolute Gasteiger partial charge is 0.371 e. The maximum Gasteiger partial charge on any atom is 0.0604 e. The first-order chi connectivity index (χ1) is 9.53. The van der Waals surface area contributed by atoms with E-state index in [1.165, 1.54) is 24.2 Å². The van der Waals surface area contributed by atoms with Crippen LogP contribution in [0, 0.1) is 5.41 Å². The third kappa shape index (κ3) is 3.66. The van der Waals surface area contributed by atoms with Crippen molar-refractivity contribution in [2.24, 2.45) is 11.1 Å². The molecular weight excluding hydrogens is 246 g/mol. The molecule has 0 bridgehead atoms. The number of anilines is 2. The number of nitrogens with zero attached hydrogens (tertiary/aromatic N) is 2. The molecule has 0 atom stereocenters. The molecule has 1 aliphatic heterocycles. The first-order valence-corrected chi connectivity index (χ1v) is 7.79. The van der Waals surface area contributed by atoms with Crippen LogP contribution in [-0.4, -0.2) is 33.2 Å². The fourth-order valence-electron chi connectivity index (χ4n) is 3.06. The Bertz CT molecular complexity index is 428. The predicted molar refractivity (Wildman–Crippen MR) is 88.6 cm³/mol. The van der Waals surface area contributed by atoms with Crippen molar-refractivity contribution < 1.29 is 0 Å². The second-order valence-corrected chi connectivity index (χ2v) is 6.70. The van der Waals surface area contributed by atoms with Gasteiger partial charge in [-0.3, -0.25) is 0 Å². The van der Waals surface area contributed by atoms with Gasteiger partial charge in [0, 0.05) is 26.7 Å². The van der Waals surface area contributed by atoms with E-state index < -0.39 is 0 Å². The number of likely N-dealkylation sites (N-methyl/N-ethyl adjacent to an activating group) is 1. The van der Waals surface area contributed by atoms with Crippen LogP contribution in [0.15, 0.2) is 24.3 Å². The van der Waals surface area contributed by atoms with Crippen molar-refractivity contribution in [3.05, 3.63) is 24.3 Å². The normalized spacial score (nSPS) is 15.4. The van der Waals surface area contributed by atoms with Gasteiger partial charge < -0.3 is 15.5 Å². The lowest BCUT2D eigenvalue weighted by atomic mass is 9.84. The van der Waals surface area contributed by atoms with E-state index in [1.54, 1.807) is 0 Å². The molecule has 112 valence electrons. The predicted octanol–water partition coefficient (Wildman–Crippen LogP) is 3.10. The van der Waals surface area contributed by atoms with Gasteiger partial charge >= 0.3 is 0 Å². The van der Waals surface area contributed by atoms with Gasteiger partial charge in [-0.25, -0.2) is 0 Å². The second kappa shape index (κ2) is 6.49. The van der Waals surface area contributed by atoms with E-state index >= 15 is 0 Å². The van der Waals surface area contributed by atoms with Crippen molar-refractivity contribution in [3.8, 4) is 0 Å². The molecule has 0 amide bonds. The monoisotopic (exact) mass is 275 g/mol. The summed E-state index contributed by atoms with van der Waals surface area (Å²) in [6, 6.07) is 8.74. The summed E-state index contributed by atoms with van der Waals surface area (Å²) in [5.41, 5.74) is 8.82. The van der Waals surface area contributed by atoms with Crippen LogP contribution in [-0.2, 0) is 0 Å². The van der Waals surface area contributed by atoms with Gasteiger partial charge in [0.05, 0.1) is 11.4 Å². The van der Waals surface area contributed by atoms with Crippen LogP contribution in [0.3, 0.4) is 0 Å². The molecule has 0 saturated carbocycles. The highest BCUT2D eigenvalue weighted by Crippen LogP contribution is 2.33. The number of nitrogens with two attached hydrogens (primary N) is 1. The highest BCUT2D eigenvalue weighted by molar-refractivity contribution is 5.72. The van der Waals surface area contributed by atoms with Gasteiger partial charge in [-0.2, -0.15) is 0 Å². The van der Waals surface area contributed by atoms with Gasteiger partial charge in [-0.15, -0.1) is 0 Å². The Hall–Kier alpha value is -1.22. The molecule has 0 saturated heterocycles. The van der Waals surface area contributed by atoms with Crippen LogP contribution in [0.25, 0.3) is 0 Å². The van der Waals surface area contributed by atoms with E-state index in [4.69, 9.17) is 5.73 Å². The minimum absolute atomic E-state index is 0.376. The molecule has 2 rings (SSSR count). The molecule has 0 radical (unpaired) electrons. The minimum Gasteiger partial charge on any atom is -0.371 e. The molecule has 2 N–H and O–H groups in total. The van der Waals surface area contributed by atoms with Gasteiger partial charge in [0.15, 0.2) is 0 Å². The molecule has 0 spiro atoms. The molecule has 1 heterocycles. The average molecular weight is 275 g/mol. The standard InChI is InChI=1S/C17H29N3/c1-17(2,10-11-18)9-6-12-20-14-13-19(3)15-7-4-5-8-16(15)20/h4-5,7-8H,6,9-14,18H2,1-3H3. The van der Waals surface area contributed by atoms with Crippen LogP contribution in [0.5, 0.6) is 0 Å². The van der Waals surface area contributed by atoms with E-state index in [2.05, 4.69) is 55.0 Å². The van der Waals surface area contributed by atoms with Crippen LogP contribution in [0.2, 0.25) is 0 Å². The van der Waals surface area contributed by atoms with Crippen molar-refractivity contribution in [3.63, 3.8) is 0 Å². The maximum absolute atomic E-state index is 5.69. The molecule has 1 aliphatic rings. The first kappa shape index (κ1) is 15.2. The molecule has 0 aliphatic carbocycles. The summed E-state index contributed by atoms with van der Waals surface area (Å²) in [4.78, 5) is 4.89. The lowest BCUT2D eigenvalue weighted by molar-refractivity contribution is 0.305. The summed E-state index contributed by atoms with van der Waals surface area (Å²) in [5.74, 6) is 0. The van der Waals surface area contributed by atoms with E-state index in [9.17, 15) is 0 Å². The lowest BCUT2D eigenvalue weighted by Gasteiger charge is -2.37. The average Bonchev–Trinajstić information content (AvgIpc) is 2.41. The fourth-order valence-corrected chi connectivity index (χ4v) is 3.06. The van der Waals surface area contributed by atoms with E-state index in [-0.39, 0.29) is 0 Å². The lowest BCUT2D eigenvalue weighted by Crippen LogP contribution is -2.39. The number of hydrogen-bond acceptors (Lipinski definition) is 3. The van der Waals surface area contributed by atoms with Gasteiger partial charge in [-0.1, -0.05) is 26.0 Å². The Balaban J connectivity index is 1.93. The van der Waals surface area contributed by atoms with E-state index in [0.29, 0.717) is 5.41 Å². The zero-order valence-corrected chi connectivity index (χ0v) is 13.2. The SMILES string of the molecule is CN1CCN(CCCC(C)(C)CCN)c2ccccc21. The maximum atomic E-state index is 5.69. The highest BCUT2D eigenvalue weighted by Gasteiger charge is 2.21. The molecule has 0 aromatic heterocycles. The van der Waals surface area contributed by atoms with Gasteiger partial charge in [0.2, 0.25) is 0 Å². The Kier molecular flexibility index (Phi) is 4.92. The number of benzene rings is 1. The Morgan fingerprint density at radius 1 is 1.10 bits per heavy atom. The summed E-state index contributed by atoms with van der Waals surface area (Å²) >= 11 is 0. The zero-order valence-electron chi connectivity index (χ0n) is 13.2. The molecule has 20 heavy (non-hydrogen) atoms. The number of hydrogen-bond donors (Lipinski definition) is 1. The van der Waals surface area contributed by atoms with Crippen molar-refractivity contribution in [2.75, 3.05) is 43.0 Å². The molecular formula is C17H29N3. The number of para-hydroxylation sites is 2. The summed E-state index contributed by atoms with van der Waals surface area (Å²) in [6.07, 6.45) is 3.61. The van der Waals surface area contributed by atoms with Crippen molar-refractivity contribution in [1.29, 1.82) is 0 Å². The summed E-state index contributed by atoms with van der Waals surface area (Å²) in [7, 11) is 2.18. The molecule has 3 heteroatoms. The summed E-state index contributed by atoms with van der Waals surface area (Å²) < 4.78 is 0. The van der Waals surface area contributed by atoms with Crippen molar-refractivity contribution in [2.45, 2.75) is 33.1 Å². The number of rotatable bonds is 6. The molecule has 0 unspecified atom stereocenters. The topological polar surface area (TPSA) is 32.5 Å². The summed E-state index contributed by atoms with van der Waals surface area (Å²) in [5, 5.41) is 0. The van der Waals surface area contributed by atoms with Crippen LogP contribution >= 0.6 is 0 Å². The summed E-state index contributed by atoms with van der Waals surface area (Å²) in [6.45, 7) is 8.85. The minimum atomic E-state index is 0.376. The van der Waals surface area contributed by atoms with Crippen LogP contribution in [0.4, 0.5) is 11.4 Å². The first-order valence-electron chi connectivity index (χ1n) is 7.79. The number of fused-ring (bicyclic) bond motifs is 1. The smallest absolute Gasteiger partial charge is 0.0604 e. The van der Waals surface area contributed by atoms with Crippen molar-refractivity contribution >= 4 is 11.4 Å². The third-order valence-corrected chi connectivity index (χ3v) is 4.44. The quantitative estimate of drug-likeness (QED) is 0.866. The van der Waals surface area contributed by atoms with Crippen LogP contribution < -0.4 is 15.5 Å². The fraction of sp³-hybridized carbons (Fsp3) is 0.647. The molecule has 0 fully saturated rings. The van der Waals surface area contributed by atoms with E-state index in [1.807, 2.05) is 0 Å². The van der Waals surface area contributed by atoms with Gasteiger partial charge in [0.25, 0.3) is 0 Å². The second-order valence-electron chi connectivity index (χ2n) is 6.70. The molecule has 1 aromatic carbocycles. The molecule has 1 aromatic rings.